The number of hydrogen-bond donors (Lipinski definition) is 1. The number of rotatable bonds is 1. The number of benzene rings is 1. The van der Waals surface area contributed by atoms with Crippen molar-refractivity contribution in [1.82, 2.24) is 15.5 Å². The van der Waals surface area contributed by atoms with Crippen molar-refractivity contribution in [3.05, 3.63) is 24.5 Å². The number of H-pyrrole nitrogens is 1. The highest BCUT2D eigenvalue weighted by Gasteiger charge is 2.15. The summed E-state index contributed by atoms with van der Waals surface area (Å²) in [5.41, 5.74) is 0.902. The lowest BCUT2D eigenvalue weighted by Crippen LogP contribution is -2.31. The molecule has 0 fully saturated rings. The molecule has 2 heterocycles. The van der Waals surface area contributed by atoms with E-state index in [2.05, 4.69) is 15.5 Å². The van der Waals surface area contributed by atoms with Crippen molar-refractivity contribution in [2.24, 2.45) is 0 Å². The van der Waals surface area contributed by atoms with Crippen LogP contribution in [-0.4, -0.2) is 22.3 Å². The minimum atomic E-state index is 0.282. The Labute approximate surface area is 79.1 Å². The zero-order valence-electron chi connectivity index (χ0n) is 7.17. The first-order valence-electron chi connectivity index (χ1n) is 4.11. The first-order chi connectivity index (χ1) is 6.93. The molecule has 0 spiro atoms. The zero-order valence-corrected chi connectivity index (χ0v) is 7.17. The Morgan fingerprint density at radius 3 is 3.07 bits per heavy atom. The van der Waals surface area contributed by atoms with Crippen molar-refractivity contribution >= 4 is 0 Å². The van der Waals surface area contributed by atoms with E-state index >= 15 is 0 Å². The van der Waals surface area contributed by atoms with Gasteiger partial charge in [-0.05, 0) is 12.1 Å². The summed E-state index contributed by atoms with van der Waals surface area (Å²) in [6.07, 6.45) is 1.58. The highest BCUT2D eigenvalue weighted by Crippen LogP contribution is 2.32. The molecule has 0 bridgehead atoms. The molecule has 1 aliphatic rings. The molecule has 1 aromatic carbocycles. The molecule has 2 aromatic rings. The third-order valence-electron chi connectivity index (χ3n) is 2.01. The van der Waals surface area contributed by atoms with Crippen LogP contribution in [0.15, 0.2) is 24.5 Å². The van der Waals surface area contributed by atoms with E-state index in [1.54, 1.807) is 11.0 Å². The van der Waals surface area contributed by atoms with E-state index in [1.165, 1.54) is 0 Å². The van der Waals surface area contributed by atoms with Crippen molar-refractivity contribution in [3.8, 4) is 17.2 Å². The number of aromatic nitrogens is 4. The molecule has 6 heteroatoms. The highest BCUT2D eigenvalue weighted by atomic mass is 16.7. The summed E-state index contributed by atoms with van der Waals surface area (Å²) in [7, 11) is 0. The van der Waals surface area contributed by atoms with Crippen molar-refractivity contribution in [2.45, 2.75) is 0 Å². The molecule has 0 unspecified atom stereocenters. The van der Waals surface area contributed by atoms with Gasteiger partial charge < -0.3 is 9.47 Å². The van der Waals surface area contributed by atoms with Gasteiger partial charge in [-0.25, -0.2) is 0 Å². The third-order valence-corrected chi connectivity index (χ3v) is 2.01. The molecule has 6 nitrogen and oxygen atoms in total. The number of nitrogens with zero attached hydrogens (tertiary/aromatic N) is 3. The maximum atomic E-state index is 5.25. The highest BCUT2D eigenvalue weighted by molar-refractivity contribution is 5.46. The summed E-state index contributed by atoms with van der Waals surface area (Å²) in [5.74, 6) is 1.51. The number of ether oxygens (including phenoxy) is 2. The maximum absolute atomic E-state index is 5.25. The largest absolute Gasteiger partial charge is 0.454 e. The van der Waals surface area contributed by atoms with Gasteiger partial charge in [0.1, 0.15) is 10.8 Å². The Morgan fingerprint density at radius 1 is 1.29 bits per heavy atom. The molecule has 0 saturated heterocycles. The van der Waals surface area contributed by atoms with E-state index in [1.807, 2.05) is 18.2 Å². The molecular formula is C8H7N4O2+. The molecule has 70 valence electrons. The molecule has 0 saturated carbocycles. The monoisotopic (exact) mass is 191 g/mol. The van der Waals surface area contributed by atoms with Crippen LogP contribution in [0.4, 0.5) is 0 Å². The van der Waals surface area contributed by atoms with E-state index in [4.69, 9.17) is 9.47 Å². The first-order valence-corrected chi connectivity index (χ1v) is 4.11. The Kier molecular flexibility index (Phi) is 1.41. The number of tetrazole rings is 1. The molecule has 1 N–H and O–H groups in total. The molecule has 0 atom stereocenters. The van der Waals surface area contributed by atoms with Gasteiger partial charge in [0, 0.05) is 6.07 Å². The number of nitrogens with one attached hydrogen (secondary N) is 1. The predicted molar refractivity (Wildman–Crippen MR) is 44.0 cm³/mol. The van der Waals surface area contributed by atoms with E-state index in [0.717, 1.165) is 17.2 Å². The lowest BCUT2D eigenvalue weighted by atomic mass is 10.3. The van der Waals surface area contributed by atoms with E-state index in [9.17, 15) is 0 Å². The topological polar surface area (TPSA) is 63.9 Å². The minimum Gasteiger partial charge on any atom is -0.454 e. The van der Waals surface area contributed by atoms with Gasteiger partial charge in [0.05, 0.1) is 0 Å². The number of fused-ring (bicyclic) bond motifs is 1. The summed E-state index contributed by atoms with van der Waals surface area (Å²) in [4.78, 5) is 0. The SMILES string of the molecule is c1cc2c(cc1-[n+]1cnn[nH]1)OCO2. The second-order valence-corrected chi connectivity index (χ2v) is 2.84. The van der Waals surface area contributed by atoms with E-state index in [-0.39, 0.29) is 6.79 Å². The average Bonchev–Trinajstić information content (AvgIpc) is 2.88. The van der Waals surface area contributed by atoms with Crippen LogP contribution in [0.1, 0.15) is 0 Å². The van der Waals surface area contributed by atoms with Crippen LogP contribution in [0, 0.1) is 0 Å². The van der Waals surface area contributed by atoms with Gasteiger partial charge in [-0.2, -0.15) is 0 Å². The van der Waals surface area contributed by atoms with Gasteiger partial charge in [0.25, 0.3) is 6.33 Å². The molecule has 0 aliphatic carbocycles. The van der Waals surface area contributed by atoms with Gasteiger partial charge in [0.15, 0.2) is 16.7 Å². The fourth-order valence-corrected chi connectivity index (χ4v) is 1.34. The second kappa shape index (κ2) is 2.69. The van der Waals surface area contributed by atoms with Crippen LogP contribution in [0.2, 0.25) is 0 Å². The van der Waals surface area contributed by atoms with Crippen molar-refractivity contribution in [2.75, 3.05) is 6.79 Å². The first kappa shape index (κ1) is 7.31. The van der Waals surface area contributed by atoms with Crippen LogP contribution in [0.25, 0.3) is 5.69 Å². The zero-order chi connectivity index (χ0) is 9.38. The second-order valence-electron chi connectivity index (χ2n) is 2.84. The van der Waals surface area contributed by atoms with Crippen molar-refractivity contribution in [3.63, 3.8) is 0 Å². The van der Waals surface area contributed by atoms with Gasteiger partial charge in [-0.15, -0.1) is 4.68 Å². The smallest absolute Gasteiger partial charge is 0.293 e. The lowest BCUT2D eigenvalue weighted by molar-refractivity contribution is -0.660. The summed E-state index contributed by atoms with van der Waals surface area (Å²) >= 11 is 0. The Hall–Kier alpha value is -2.11. The van der Waals surface area contributed by atoms with Gasteiger partial charge in [-0.3, -0.25) is 0 Å². The Bertz CT molecular complexity index is 454. The quantitative estimate of drug-likeness (QED) is 0.634. The van der Waals surface area contributed by atoms with E-state index < -0.39 is 0 Å². The molecule has 0 radical (unpaired) electrons. The normalized spacial score (nSPS) is 13.1. The molecule has 14 heavy (non-hydrogen) atoms. The Morgan fingerprint density at radius 2 is 2.21 bits per heavy atom. The van der Waals surface area contributed by atoms with Gasteiger partial charge in [-0.1, -0.05) is 5.21 Å². The maximum Gasteiger partial charge on any atom is 0.293 e. The summed E-state index contributed by atoms with van der Waals surface area (Å²) < 4.78 is 12.1. The molecule has 1 aromatic heterocycles. The van der Waals surface area contributed by atoms with Gasteiger partial charge >= 0.3 is 0 Å². The minimum absolute atomic E-state index is 0.282. The third kappa shape index (κ3) is 1.00. The fraction of sp³-hybridized carbons (Fsp3) is 0.125. The summed E-state index contributed by atoms with van der Waals surface area (Å²) in [6.45, 7) is 0.282. The molecule has 3 rings (SSSR count). The number of aromatic amines is 1. The summed E-state index contributed by atoms with van der Waals surface area (Å²) in [5, 5.41) is 9.99. The van der Waals surface area contributed by atoms with Crippen LogP contribution in [0.5, 0.6) is 11.5 Å². The Balaban J connectivity index is 2.09. The summed E-state index contributed by atoms with van der Waals surface area (Å²) in [6, 6.07) is 5.61. The molecular weight excluding hydrogens is 184 g/mol. The van der Waals surface area contributed by atoms with E-state index in [0.29, 0.717) is 0 Å². The lowest BCUT2D eigenvalue weighted by Gasteiger charge is -1.97. The van der Waals surface area contributed by atoms with Crippen LogP contribution < -0.4 is 14.2 Å². The van der Waals surface area contributed by atoms with Crippen LogP contribution in [-0.2, 0) is 0 Å². The predicted octanol–water partition coefficient (Wildman–Crippen LogP) is -0.190. The molecule has 0 amide bonds. The van der Waals surface area contributed by atoms with Gasteiger partial charge in [0.2, 0.25) is 6.79 Å². The average molecular weight is 191 g/mol. The molecule has 1 aliphatic heterocycles. The van der Waals surface area contributed by atoms with Crippen LogP contribution in [0.3, 0.4) is 0 Å². The van der Waals surface area contributed by atoms with Crippen molar-refractivity contribution in [1.29, 1.82) is 0 Å². The fourth-order valence-electron chi connectivity index (χ4n) is 1.34. The van der Waals surface area contributed by atoms with Crippen LogP contribution >= 0.6 is 0 Å². The van der Waals surface area contributed by atoms with Crippen molar-refractivity contribution < 1.29 is 14.2 Å². The standard InChI is InChI=1S/C8H6N4O2/c1-2-7-8(14-5-13-7)3-6(1)12-4-9-10-11-12/h1-4H,5H2/p+1. The number of hydrogen-bond acceptors (Lipinski definition) is 4.